The number of hydrogen-bond acceptors (Lipinski definition) is 2. The lowest BCUT2D eigenvalue weighted by atomic mass is 10.2. The van der Waals surface area contributed by atoms with Gasteiger partial charge in [0.1, 0.15) is 6.17 Å². The lowest BCUT2D eigenvalue weighted by molar-refractivity contribution is -0.0253. The fourth-order valence-electron chi connectivity index (χ4n) is 1.55. The third-order valence-electron chi connectivity index (χ3n) is 2.35. The molecule has 1 saturated heterocycles. The Morgan fingerprint density at radius 2 is 2.08 bits per heavy atom. The minimum absolute atomic E-state index is 0.116. The summed E-state index contributed by atoms with van der Waals surface area (Å²) >= 11 is 0. The Balaban J connectivity index is 2.30. The van der Waals surface area contributed by atoms with Crippen LogP contribution in [0.25, 0.3) is 0 Å². The first-order valence-corrected chi connectivity index (χ1v) is 4.87. The van der Waals surface area contributed by atoms with Crippen molar-refractivity contribution in [1.82, 2.24) is 4.90 Å². The summed E-state index contributed by atoms with van der Waals surface area (Å²) < 4.78 is 18.6. The van der Waals surface area contributed by atoms with Crippen LogP contribution in [0.15, 0.2) is 0 Å². The lowest BCUT2D eigenvalue weighted by Crippen LogP contribution is -2.33. The van der Waals surface area contributed by atoms with Crippen LogP contribution < -0.4 is 0 Å². The van der Waals surface area contributed by atoms with E-state index in [1.54, 1.807) is 0 Å². The molecular weight excluding hydrogens is 169 g/mol. The van der Waals surface area contributed by atoms with Gasteiger partial charge in [-0.3, -0.25) is 4.90 Å². The van der Waals surface area contributed by atoms with E-state index < -0.39 is 6.17 Å². The fraction of sp³-hybridized carbons (Fsp3) is 1.00. The third-order valence-corrected chi connectivity index (χ3v) is 2.35. The van der Waals surface area contributed by atoms with Crippen LogP contribution in [-0.4, -0.2) is 42.9 Å². The molecule has 0 radical (unpaired) electrons. The number of nitrogens with zero attached hydrogens (tertiary/aromatic N) is 1. The molecule has 2 nitrogen and oxygen atoms in total. The van der Waals surface area contributed by atoms with Gasteiger partial charge in [0.05, 0.1) is 12.2 Å². The van der Waals surface area contributed by atoms with Crippen molar-refractivity contribution >= 4 is 0 Å². The maximum atomic E-state index is 12.9. The summed E-state index contributed by atoms with van der Waals surface area (Å²) in [5.74, 6) is 0. The minimum atomic E-state index is -0.668. The van der Waals surface area contributed by atoms with E-state index in [1.807, 2.05) is 32.7 Å². The Kier molecular flexibility index (Phi) is 3.30. The average Bonchev–Trinajstić information content (AvgIpc) is 2.24. The Morgan fingerprint density at radius 1 is 1.46 bits per heavy atom. The molecule has 0 amide bonds. The van der Waals surface area contributed by atoms with E-state index in [2.05, 4.69) is 0 Å². The Morgan fingerprint density at radius 3 is 2.46 bits per heavy atom. The summed E-state index contributed by atoms with van der Waals surface area (Å²) in [6, 6.07) is 0.259. The number of hydrogen-bond donors (Lipinski definition) is 0. The number of alkyl halides is 1. The molecule has 1 fully saturated rings. The van der Waals surface area contributed by atoms with E-state index in [-0.39, 0.29) is 11.6 Å². The molecule has 0 aromatic rings. The molecule has 0 aliphatic carbocycles. The maximum Gasteiger partial charge on any atom is 0.114 e. The molecule has 2 atom stereocenters. The largest absolute Gasteiger partial charge is 0.374 e. The van der Waals surface area contributed by atoms with Crippen LogP contribution in [0.2, 0.25) is 0 Å². The van der Waals surface area contributed by atoms with Crippen LogP contribution in [-0.2, 0) is 4.74 Å². The standard InChI is InChI=1S/C10H20FNO/c1-10(2,3)13-7-9-5-8(11)6-12(9)4/h8-9H,5-7H2,1-4H3/t8?,9-/m0/s1. The molecule has 0 bridgehead atoms. The highest BCUT2D eigenvalue weighted by Gasteiger charge is 2.30. The van der Waals surface area contributed by atoms with Gasteiger partial charge < -0.3 is 4.74 Å². The van der Waals surface area contributed by atoms with E-state index in [4.69, 9.17) is 4.74 Å². The SMILES string of the molecule is CN1CC(F)C[C@H]1COC(C)(C)C. The third kappa shape index (κ3) is 3.61. The zero-order chi connectivity index (χ0) is 10.1. The summed E-state index contributed by atoms with van der Waals surface area (Å²) in [4.78, 5) is 2.04. The molecule has 1 heterocycles. The van der Waals surface area contributed by atoms with Crippen molar-refractivity contribution in [3.63, 3.8) is 0 Å². The van der Waals surface area contributed by atoms with Gasteiger partial charge in [0.25, 0.3) is 0 Å². The summed E-state index contributed by atoms with van der Waals surface area (Å²) in [6.07, 6.45) is -0.0504. The predicted molar refractivity (Wildman–Crippen MR) is 51.6 cm³/mol. The maximum absolute atomic E-state index is 12.9. The van der Waals surface area contributed by atoms with Crippen molar-refractivity contribution in [2.45, 2.75) is 45.0 Å². The van der Waals surface area contributed by atoms with E-state index in [0.29, 0.717) is 19.6 Å². The smallest absolute Gasteiger partial charge is 0.114 e. The van der Waals surface area contributed by atoms with Crippen LogP contribution >= 0.6 is 0 Å². The molecule has 3 heteroatoms. The quantitative estimate of drug-likeness (QED) is 0.657. The van der Waals surface area contributed by atoms with Gasteiger partial charge in [0.2, 0.25) is 0 Å². The molecule has 0 aromatic carbocycles. The van der Waals surface area contributed by atoms with Crippen LogP contribution in [0.1, 0.15) is 27.2 Å². The van der Waals surface area contributed by atoms with Crippen molar-refractivity contribution in [3.8, 4) is 0 Å². The topological polar surface area (TPSA) is 12.5 Å². The number of rotatable bonds is 2. The van der Waals surface area contributed by atoms with Crippen molar-refractivity contribution in [1.29, 1.82) is 0 Å². The summed E-state index contributed by atoms with van der Waals surface area (Å²) in [5.41, 5.74) is -0.116. The molecule has 0 aromatic heterocycles. The first kappa shape index (κ1) is 10.9. The minimum Gasteiger partial charge on any atom is -0.374 e. The molecule has 0 N–H and O–H groups in total. The van der Waals surface area contributed by atoms with Gasteiger partial charge in [0.15, 0.2) is 0 Å². The number of halogens is 1. The molecule has 0 spiro atoms. The first-order valence-electron chi connectivity index (χ1n) is 4.87. The van der Waals surface area contributed by atoms with Crippen LogP contribution in [0.5, 0.6) is 0 Å². The monoisotopic (exact) mass is 189 g/mol. The zero-order valence-corrected chi connectivity index (χ0v) is 9.01. The molecule has 1 aliphatic heterocycles. The molecule has 1 rings (SSSR count). The van der Waals surface area contributed by atoms with Gasteiger partial charge in [-0.15, -0.1) is 0 Å². The number of likely N-dealkylation sites (N-methyl/N-ethyl adjacent to an activating group) is 1. The molecule has 13 heavy (non-hydrogen) atoms. The molecule has 1 unspecified atom stereocenters. The normalized spacial score (nSPS) is 31.2. The Labute approximate surface area is 80.1 Å². The highest BCUT2D eigenvalue weighted by atomic mass is 19.1. The van der Waals surface area contributed by atoms with Crippen LogP contribution in [0, 0.1) is 0 Å². The van der Waals surface area contributed by atoms with Crippen LogP contribution in [0.4, 0.5) is 4.39 Å². The van der Waals surface area contributed by atoms with Crippen molar-refractivity contribution < 1.29 is 9.13 Å². The van der Waals surface area contributed by atoms with E-state index >= 15 is 0 Å². The van der Waals surface area contributed by atoms with Gasteiger partial charge in [-0.25, -0.2) is 4.39 Å². The Bertz CT molecular complexity index is 167. The first-order chi connectivity index (χ1) is 5.88. The average molecular weight is 189 g/mol. The second kappa shape index (κ2) is 3.93. The van der Waals surface area contributed by atoms with E-state index in [0.717, 1.165) is 0 Å². The van der Waals surface area contributed by atoms with Gasteiger partial charge in [-0.1, -0.05) is 0 Å². The van der Waals surface area contributed by atoms with Gasteiger partial charge in [0, 0.05) is 12.6 Å². The molecule has 0 saturated carbocycles. The Hall–Kier alpha value is -0.150. The predicted octanol–water partition coefficient (Wildman–Crippen LogP) is 1.84. The zero-order valence-electron chi connectivity index (χ0n) is 9.01. The summed E-state index contributed by atoms with van der Waals surface area (Å²) in [5, 5.41) is 0. The highest BCUT2D eigenvalue weighted by molar-refractivity contribution is 4.83. The van der Waals surface area contributed by atoms with E-state index in [1.165, 1.54) is 0 Å². The second-order valence-corrected chi connectivity index (χ2v) is 4.85. The summed E-state index contributed by atoms with van der Waals surface area (Å²) in [6.45, 7) is 7.26. The number of likely N-dealkylation sites (tertiary alicyclic amines) is 1. The van der Waals surface area contributed by atoms with E-state index in [9.17, 15) is 4.39 Å². The molecule has 1 aliphatic rings. The molecule has 78 valence electrons. The van der Waals surface area contributed by atoms with Crippen LogP contribution in [0.3, 0.4) is 0 Å². The van der Waals surface area contributed by atoms with Gasteiger partial charge in [-0.05, 0) is 34.2 Å². The second-order valence-electron chi connectivity index (χ2n) is 4.85. The highest BCUT2D eigenvalue weighted by Crippen LogP contribution is 2.20. The lowest BCUT2D eigenvalue weighted by Gasteiger charge is -2.25. The van der Waals surface area contributed by atoms with Gasteiger partial charge in [-0.2, -0.15) is 0 Å². The summed E-state index contributed by atoms with van der Waals surface area (Å²) in [7, 11) is 1.95. The van der Waals surface area contributed by atoms with Gasteiger partial charge >= 0.3 is 0 Å². The molecular formula is C10H20FNO. The van der Waals surface area contributed by atoms with Crippen molar-refractivity contribution in [3.05, 3.63) is 0 Å². The number of ether oxygens (including phenoxy) is 1. The fourth-order valence-corrected chi connectivity index (χ4v) is 1.55. The van der Waals surface area contributed by atoms with Crippen molar-refractivity contribution in [2.75, 3.05) is 20.2 Å². The van der Waals surface area contributed by atoms with Crippen molar-refractivity contribution in [2.24, 2.45) is 0 Å².